The number of H-pyrrole nitrogens is 1. The summed E-state index contributed by atoms with van der Waals surface area (Å²) in [4.78, 5) is 7.33. The molecule has 2 aromatic rings. The molecule has 0 amide bonds. The largest absolute Gasteiger partial charge is 0.347 e. The summed E-state index contributed by atoms with van der Waals surface area (Å²) in [6.45, 7) is 1.99. The number of rotatable bonds is 2. The number of hydrogen-bond acceptors (Lipinski definition) is 5. The molecule has 0 atom stereocenters. The molecule has 1 N–H and O–H groups in total. The van der Waals surface area contributed by atoms with Crippen molar-refractivity contribution >= 4 is 21.1 Å². The molecule has 0 saturated carbocycles. The molecule has 2 fully saturated rings. The van der Waals surface area contributed by atoms with Gasteiger partial charge in [-0.15, -0.1) is 0 Å². The molecule has 1 aromatic carbocycles. The van der Waals surface area contributed by atoms with Crippen LogP contribution < -0.4 is 0 Å². The minimum atomic E-state index is -3.50. The van der Waals surface area contributed by atoms with Crippen LogP contribution in [0.2, 0.25) is 0 Å². The van der Waals surface area contributed by atoms with Crippen molar-refractivity contribution in [3.05, 3.63) is 24.5 Å². The summed E-state index contributed by atoms with van der Waals surface area (Å²) >= 11 is 0. The molecule has 0 radical (unpaired) electrons. The zero-order valence-electron chi connectivity index (χ0n) is 12.0. The highest BCUT2D eigenvalue weighted by molar-refractivity contribution is 7.89. The van der Waals surface area contributed by atoms with E-state index in [2.05, 4.69) is 9.97 Å². The number of nitrogens with zero attached hydrogens (tertiary/aromatic N) is 2. The Bertz CT molecular complexity index is 785. The van der Waals surface area contributed by atoms with Gasteiger partial charge in [0.2, 0.25) is 10.0 Å². The van der Waals surface area contributed by atoms with E-state index in [1.165, 1.54) is 4.31 Å². The molecule has 4 rings (SSSR count). The molecule has 1 aromatic heterocycles. The van der Waals surface area contributed by atoms with Crippen molar-refractivity contribution in [2.24, 2.45) is 0 Å². The van der Waals surface area contributed by atoms with E-state index in [0.717, 1.165) is 11.0 Å². The topological polar surface area (TPSA) is 84.5 Å². The van der Waals surface area contributed by atoms with E-state index < -0.39 is 15.8 Å². The molecule has 1 spiro atoms. The van der Waals surface area contributed by atoms with Crippen LogP contribution in [0.5, 0.6) is 0 Å². The van der Waals surface area contributed by atoms with E-state index in [1.807, 2.05) is 0 Å². The number of aromatic nitrogens is 2. The number of nitrogens with one attached hydrogen (secondary N) is 1. The summed E-state index contributed by atoms with van der Waals surface area (Å²) in [5.41, 5.74) is 1.47. The van der Waals surface area contributed by atoms with Crippen molar-refractivity contribution in [3.8, 4) is 0 Å². The third-order valence-electron chi connectivity index (χ3n) is 4.33. The maximum absolute atomic E-state index is 12.8. The highest BCUT2D eigenvalue weighted by Crippen LogP contribution is 2.33. The molecule has 3 heterocycles. The second kappa shape index (κ2) is 5.02. The van der Waals surface area contributed by atoms with Gasteiger partial charge in [-0.3, -0.25) is 0 Å². The molecule has 7 nitrogen and oxygen atoms in total. The lowest BCUT2D eigenvalue weighted by Gasteiger charge is -2.36. The lowest BCUT2D eigenvalue weighted by atomic mass is 10.1. The average Bonchev–Trinajstić information content (AvgIpc) is 3.16. The summed E-state index contributed by atoms with van der Waals surface area (Å²) in [5.74, 6) is -0.570. The minimum absolute atomic E-state index is 0.286. The first-order valence-electron chi connectivity index (χ1n) is 7.30. The molecular formula is C14H17N3O4S. The molecule has 0 unspecified atom stereocenters. The Labute approximate surface area is 128 Å². The molecular weight excluding hydrogens is 306 g/mol. The second-order valence-electron chi connectivity index (χ2n) is 5.59. The first kappa shape index (κ1) is 14.1. The predicted octanol–water partition coefficient (Wildman–Crippen LogP) is 1.09. The standard InChI is InChI=1S/C14H17N3O4S/c18-22(19,11-1-2-12-13(9-11)16-10-15-12)17-5-3-14(4-6-17)20-7-8-21-14/h1-2,9-10H,3-8H2,(H,15,16). The molecule has 2 aliphatic rings. The highest BCUT2D eigenvalue weighted by atomic mass is 32.2. The Hall–Kier alpha value is -1.48. The summed E-state index contributed by atoms with van der Waals surface area (Å²) < 4.78 is 38.3. The molecule has 0 bridgehead atoms. The van der Waals surface area contributed by atoms with Gasteiger partial charge in [0.15, 0.2) is 5.79 Å². The molecule has 8 heteroatoms. The van der Waals surface area contributed by atoms with Gasteiger partial charge in [-0.2, -0.15) is 4.31 Å². The number of ether oxygens (including phenoxy) is 2. The van der Waals surface area contributed by atoms with Crippen LogP contribution in [0.15, 0.2) is 29.4 Å². The van der Waals surface area contributed by atoms with Crippen LogP contribution in [-0.2, 0) is 19.5 Å². The van der Waals surface area contributed by atoms with Gasteiger partial charge < -0.3 is 14.5 Å². The quantitative estimate of drug-likeness (QED) is 0.894. The van der Waals surface area contributed by atoms with Crippen molar-refractivity contribution in [2.45, 2.75) is 23.5 Å². The number of imidazole rings is 1. The summed E-state index contributed by atoms with van der Waals surface area (Å²) in [6, 6.07) is 4.95. The van der Waals surface area contributed by atoms with Gasteiger partial charge >= 0.3 is 0 Å². The van der Waals surface area contributed by atoms with Gasteiger partial charge in [0, 0.05) is 25.9 Å². The monoisotopic (exact) mass is 323 g/mol. The van der Waals surface area contributed by atoms with Gasteiger partial charge in [-0.25, -0.2) is 13.4 Å². The number of fused-ring (bicyclic) bond motifs is 1. The smallest absolute Gasteiger partial charge is 0.243 e. The Morgan fingerprint density at radius 1 is 1.18 bits per heavy atom. The first-order valence-corrected chi connectivity index (χ1v) is 8.74. The molecule has 118 valence electrons. The van der Waals surface area contributed by atoms with Crippen molar-refractivity contribution in [1.29, 1.82) is 0 Å². The maximum atomic E-state index is 12.8. The molecule has 2 aliphatic heterocycles. The van der Waals surface area contributed by atoms with E-state index in [4.69, 9.17) is 9.47 Å². The van der Waals surface area contributed by atoms with Crippen LogP contribution in [0.25, 0.3) is 11.0 Å². The lowest BCUT2D eigenvalue weighted by Crippen LogP contribution is -2.47. The zero-order chi connectivity index (χ0) is 15.2. The van der Waals surface area contributed by atoms with Crippen LogP contribution in [-0.4, -0.2) is 54.8 Å². The van der Waals surface area contributed by atoms with Gasteiger partial charge in [-0.1, -0.05) is 0 Å². The second-order valence-corrected chi connectivity index (χ2v) is 7.53. The van der Waals surface area contributed by atoms with E-state index >= 15 is 0 Å². The minimum Gasteiger partial charge on any atom is -0.347 e. The number of sulfonamides is 1. The summed E-state index contributed by atoms with van der Waals surface area (Å²) in [7, 11) is -3.50. The fourth-order valence-corrected chi connectivity index (χ4v) is 4.55. The third-order valence-corrected chi connectivity index (χ3v) is 6.22. The van der Waals surface area contributed by atoms with Gasteiger partial charge in [0.05, 0.1) is 35.5 Å². The van der Waals surface area contributed by atoms with E-state index in [9.17, 15) is 8.42 Å². The van der Waals surface area contributed by atoms with E-state index in [0.29, 0.717) is 39.1 Å². The van der Waals surface area contributed by atoms with Gasteiger partial charge in [0.25, 0.3) is 0 Å². The average molecular weight is 323 g/mol. The van der Waals surface area contributed by atoms with E-state index in [-0.39, 0.29) is 4.90 Å². The van der Waals surface area contributed by atoms with Gasteiger partial charge in [0.1, 0.15) is 0 Å². The van der Waals surface area contributed by atoms with Crippen LogP contribution in [0.4, 0.5) is 0 Å². The SMILES string of the molecule is O=S(=O)(c1ccc2nc[nH]c2c1)N1CCC2(CC1)OCCO2. The van der Waals surface area contributed by atoms with Crippen molar-refractivity contribution in [3.63, 3.8) is 0 Å². The summed E-state index contributed by atoms with van der Waals surface area (Å²) in [6.07, 6.45) is 2.69. The van der Waals surface area contributed by atoms with Crippen molar-refractivity contribution in [2.75, 3.05) is 26.3 Å². The van der Waals surface area contributed by atoms with Crippen LogP contribution in [0.3, 0.4) is 0 Å². The Morgan fingerprint density at radius 3 is 2.64 bits per heavy atom. The van der Waals surface area contributed by atoms with E-state index in [1.54, 1.807) is 24.5 Å². The maximum Gasteiger partial charge on any atom is 0.243 e. The lowest BCUT2D eigenvalue weighted by molar-refractivity contribution is -0.179. The highest BCUT2D eigenvalue weighted by Gasteiger charge is 2.42. The van der Waals surface area contributed by atoms with Crippen molar-refractivity contribution in [1.82, 2.24) is 14.3 Å². The van der Waals surface area contributed by atoms with Gasteiger partial charge in [-0.05, 0) is 18.2 Å². The van der Waals surface area contributed by atoms with Crippen molar-refractivity contribution < 1.29 is 17.9 Å². The Kier molecular flexibility index (Phi) is 3.23. The van der Waals surface area contributed by atoms with Crippen LogP contribution in [0, 0.1) is 0 Å². The number of hydrogen-bond donors (Lipinski definition) is 1. The fourth-order valence-electron chi connectivity index (χ4n) is 3.08. The number of piperidine rings is 1. The first-order chi connectivity index (χ1) is 10.6. The fraction of sp³-hybridized carbons (Fsp3) is 0.500. The number of benzene rings is 1. The Balaban J connectivity index is 1.58. The normalized spacial score (nSPS) is 22.5. The van der Waals surface area contributed by atoms with Crippen LogP contribution >= 0.6 is 0 Å². The predicted molar refractivity (Wildman–Crippen MR) is 78.7 cm³/mol. The van der Waals surface area contributed by atoms with Crippen LogP contribution in [0.1, 0.15) is 12.8 Å². The third kappa shape index (κ3) is 2.23. The molecule has 0 aliphatic carbocycles. The zero-order valence-corrected chi connectivity index (χ0v) is 12.8. The molecule has 2 saturated heterocycles. The number of aromatic amines is 1. The molecule has 22 heavy (non-hydrogen) atoms. The summed E-state index contributed by atoms with van der Waals surface area (Å²) in [5, 5.41) is 0. The Morgan fingerprint density at radius 2 is 1.91 bits per heavy atom.